The fraction of sp³-hybridized carbons (Fsp3) is 0.316. The van der Waals surface area contributed by atoms with E-state index in [1.807, 2.05) is 48.2 Å². The third kappa shape index (κ3) is 5.05. The second-order valence-corrected chi connectivity index (χ2v) is 6.43. The van der Waals surface area contributed by atoms with Crippen molar-refractivity contribution in [3.8, 4) is 0 Å². The minimum absolute atomic E-state index is 0.230. The summed E-state index contributed by atoms with van der Waals surface area (Å²) in [5.41, 5.74) is 2.07. The van der Waals surface area contributed by atoms with Gasteiger partial charge in [0.25, 0.3) is 0 Å². The van der Waals surface area contributed by atoms with Gasteiger partial charge in [-0.05, 0) is 17.7 Å². The van der Waals surface area contributed by atoms with Gasteiger partial charge in [-0.1, -0.05) is 74.0 Å². The molecule has 0 radical (unpaired) electrons. The van der Waals surface area contributed by atoms with Gasteiger partial charge in [-0.15, -0.1) is 0 Å². The summed E-state index contributed by atoms with van der Waals surface area (Å²) in [4.78, 5) is 12.4. The maximum absolute atomic E-state index is 12.4. The Labute approximate surface area is 131 Å². The van der Waals surface area contributed by atoms with Crippen molar-refractivity contribution in [2.24, 2.45) is 0 Å². The van der Waals surface area contributed by atoms with Gasteiger partial charge in [0.15, 0.2) is 5.78 Å². The molecule has 21 heavy (non-hydrogen) atoms. The summed E-state index contributed by atoms with van der Waals surface area (Å²) >= 11 is 1.90. The van der Waals surface area contributed by atoms with E-state index in [2.05, 4.69) is 31.2 Å². The molecule has 0 aliphatic heterocycles. The smallest absolute Gasteiger partial charge is 0.164 e. The van der Waals surface area contributed by atoms with Crippen LogP contribution in [0.4, 0.5) is 0 Å². The van der Waals surface area contributed by atoms with E-state index < -0.39 is 0 Å². The zero-order chi connectivity index (χ0) is 14.9. The summed E-state index contributed by atoms with van der Waals surface area (Å²) in [5.74, 6) is 1.34. The van der Waals surface area contributed by atoms with E-state index in [4.69, 9.17) is 0 Å². The highest BCUT2D eigenvalue weighted by Crippen LogP contribution is 2.33. The first-order valence-corrected chi connectivity index (χ1v) is 8.61. The van der Waals surface area contributed by atoms with E-state index in [9.17, 15) is 4.79 Å². The number of Topliss-reactive ketones (excluding diaryl/α,β-unsaturated/α-hetero) is 1. The molecule has 2 heteroatoms. The van der Waals surface area contributed by atoms with Crippen molar-refractivity contribution < 1.29 is 4.79 Å². The Kier molecular flexibility index (Phi) is 6.55. The lowest BCUT2D eigenvalue weighted by atomic mass is 10.0. The SMILES string of the molecule is CCCCS[C@@H](CC(=O)c1ccccc1)c1ccccc1. The number of rotatable bonds is 8. The predicted molar refractivity (Wildman–Crippen MR) is 91.9 cm³/mol. The Bertz CT molecular complexity index is 536. The first-order valence-electron chi connectivity index (χ1n) is 7.56. The number of carbonyl (C=O) groups excluding carboxylic acids is 1. The standard InChI is InChI=1S/C19H22OS/c1-2-3-14-21-19(17-12-8-5-9-13-17)15-18(20)16-10-6-4-7-11-16/h4-13,19H,2-3,14-15H2,1H3/t19-/m0/s1. The number of benzene rings is 2. The molecule has 0 unspecified atom stereocenters. The summed E-state index contributed by atoms with van der Waals surface area (Å²) in [6, 6.07) is 20.0. The third-order valence-corrected chi connectivity index (χ3v) is 4.82. The molecule has 0 N–H and O–H groups in total. The van der Waals surface area contributed by atoms with Crippen molar-refractivity contribution in [1.82, 2.24) is 0 Å². The normalized spacial score (nSPS) is 12.0. The van der Waals surface area contributed by atoms with Gasteiger partial charge >= 0.3 is 0 Å². The first-order chi connectivity index (χ1) is 10.3. The molecule has 0 saturated carbocycles. The minimum Gasteiger partial charge on any atom is -0.294 e. The van der Waals surface area contributed by atoms with Gasteiger partial charge in [-0.3, -0.25) is 4.79 Å². The number of carbonyl (C=O) groups is 1. The molecule has 0 aliphatic carbocycles. The van der Waals surface area contributed by atoms with Crippen molar-refractivity contribution in [2.45, 2.75) is 31.4 Å². The van der Waals surface area contributed by atoms with Crippen molar-refractivity contribution in [3.63, 3.8) is 0 Å². The van der Waals surface area contributed by atoms with Crippen LogP contribution in [-0.2, 0) is 0 Å². The van der Waals surface area contributed by atoms with Gasteiger partial charge in [0, 0.05) is 17.2 Å². The maximum Gasteiger partial charge on any atom is 0.164 e. The van der Waals surface area contributed by atoms with Crippen molar-refractivity contribution in [2.75, 3.05) is 5.75 Å². The molecule has 1 atom stereocenters. The lowest BCUT2D eigenvalue weighted by Crippen LogP contribution is -2.06. The Balaban J connectivity index is 2.07. The van der Waals surface area contributed by atoms with Crippen LogP contribution in [0.25, 0.3) is 0 Å². The van der Waals surface area contributed by atoms with Crippen LogP contribution >= 0.6 is 11.8 Å². The summed E-state index contributed by atoms with van der Waals surface area (Å²) in [7, 11) is 0. The monoisotopic (exact) mass is 298 g/mol. The molecule has 110 valence electrons. The molecule has 0 spiro atoms. The van der Waals surface area contributed by atoms with E-state index >= 15 is 0 Å². The lowest BCUT2D eigenvalue weighted by Gasteiger charge is -2.16. The molecule has 0 aromatic heterocycles. The largest absolute Gasteiger partial charge is 0.294 e. The second kappa shape index (κ2) is 8.68. The van der Waals surface area contributed by atoms with Gasteiger partial charge in [-0.2, -0.15) is 11.8 Å². The van der Waals surface area contributed by atoms with Gasteiger partial charge in [0.1, 0.15) is 0 Å². The number of hydrogen-bond acceptors (Lipinski definition) is 2. The molecule has 2 aromatic carbocycles. The molecule has 0 bridgehead atoms. The lowest BCUT2D eigenvalue weighted by molar-refractivity contribution is 0.0982. The summed E-state index contributed by atoms with van der Waals surface area (Å²) in [5, 5.41) is 0.255. The number of unbranched alkanes of at least 4 members (excludes halogenated alkanes) is 1. The van der Waals surface area contributed by atoms with Crippen LogP contribution in [-0.4, -0.2) is 11.5 Å². The summed E-state index contributed by atoms with van der Waals surface area (Å²) in [6.07, 6.45) is 2.97. The van der Waals surface area contributed by atoms with E-state index in [-0.39, 0.29) is 11.0 Å². The molecule has 2 aromatic rings. The van der Waals surface area contributed by atoms with Gasteiger partial charge in [0.05, 0.1) is 0 Å². The molecule has 0 aliphatic rings. The van der Waals surface area contributed by atoms with Gasteiger partial charge in [0.2, 0.25) is 0 Å². The molecular weight excluding hydrogens is 276 g/mol. The Hall–Kier alpha value is -1.54. The third-order valence-electron chi connectivity index (χ3n) is 3.45. The number of thioether (sulfide) groups is 1. The zero-order valence-corrected chi connectivity index (χ0v) is 13.3. The fourth-order valence-corrected chi connectivity index (χ4v) is 3.58. The molecular formula is C19H22OS. The Morgan fingerprint density at radius 1 is 1.00 bits per heavy atom. The van der Waals surface area contributed by atoms with Crippen LogP contribution in [0.15, 0.2) is 60.7 Å². The highest BCUT2D eigenvalue weighted by molar-refractivity contribution is 7.99. The molecule has 0 heterocycles. The average molecular weight is 298 g/mol. The molecule has 2 rings (SSSR count). The van der Waals surface area contributed by atoms with Crippen LogP contribution in [0.1, 0.15) is 47.4 Å². The predicted octanol–water partition coefficient (Wildman–Crippen LogP) is 5.53. The highest BCUT2D eigenvalue weighted by atomic mass is 32.2. The van der Waals surface area contributed by atoms with Crippen LogP contribution in [0.5, 0.6) is 0 Å². The summed E-state index contributed by atoms with van der Waals surface area (Å²) in [6.45, 7) is 2.20. The molecule has 0 fully saturated rings. The van der Waals surface area contributed by atoms with E-state index in [0.717, 1.165) is 11.3 Å². The minimum atomic E-state index is 0.230. The fourth-order valence-electron chi connectivity index (χ4n) is 2.22. The summed E-state index contributed by atoms with van der Waals surface area (Å²) < 4.78 is 0. The van der Waals surface area contributed by atoms with Gasteiger partial charge < -0.3 is 0 Å². The molecule has 1 nitrogen and oxygen atoms in total. The van der Waals surface area contributed by atoms with Crippen molar-refractivity contribution >= 4 is 17.5 Å². The Morgan fingerprint density at radius 3 is 2.24 bits per heavy atom. The number of hydrogen-bond donors (Lipinski definition) is 0. The van der Waals surface area contributed by atoms with Crippen LogP contribution in [0.2, 0.25) is 0 Å². The Morgan fingerprint density at radius 2 is 1.62 bits per heavy atom. The molecule has 0 saturated heterocycles. The van der Waals surface area contributed by atoms with Crippen molar-refractivity contribution in [3.05, 3.63) is 71.8 Å². The molecule has 0 amide bonds. The quantitative estimate of drug-likeness (QED) is 0.470. The van der Waals surface area contributed by atoms with Crippen LogP contribution in [0.3, 0.4) is 0 Å². The maximum atomic E-state index is 12.4. The highest BCUT2D eigenvalue weighted by Gasteiger charge is 2.17. The van der Waals surface area contributed by atoms with Crippen molar-refractivity contribution in [1.29, 1.82) is 0 Å². The van der Waals surface area contributed by atoms with Crippen LogP contribution in [0, 0.1) is 0 Å². The van der Waals surface area contributed by atoms with E-state index in [1.165, 1.54) is 18.4 Å². The van der Waals surface area contributed by atoms with E-state index in [1.54, 1.807) is 0 Å². The topological polar surface area (TPSA) is 17.1 Å². The second-order valence-electron chi connectivity index (χ2n) is 5.12. The van der Waals surface area contributed by atoms with Crippen LogP contribution < -0.4 is 0 Å². The number of ketones is 1. The first kappa shape index (κ1) is 15.8. The zero-order valence-electron chi connectivity index (χ0n) is 12.5. The van der Waals surface area contributed by atoms with E-state index in [0.29, 0.717) is 6.42 Å². The van der Waals surface area contributed by atoms with Gasteiger partial charge in [-0.25, -0.2) is 0 Å². The average Bonchev–Trinajstić information content (AvgIpc) is 2.55.